The van der Waals surface area contributed by atoms with Crippen molar-refractivity contribution in [3.63, 3.8) is 0 Å². The maximum Gasteiger partial charge on any atom is 0.387 e. The van der Waals surface area contributed by atoms with Crippen molar-refractivity contribution < 1.29 is 27.5 Å². The van der Waals surface area contributed by atoms with E-state index in [1.54, 1.807) is 25.1 Å². The van der Waals surface area contributed by atoms with Crippen molar-refractivity contribution in [2.24, 2.45) is 5.73 Å². The van der Waals surface area contributed by atoms with Crippen molar-refractivity contribution >= 4 is 18.3 Å². The number of nitrogens with one attached hydrogen (secondary N) is 1. The van der Waals surface area contributed by atoms with Gasteiger partial charge in [0.1, 0.15) is 12.0 Å². The standard InChI is InChI=1S/C16H18F2N2O4.ClH/c1-2-22-14-5-10(3-4-13(14)24-16(17)18)8-20-15(21)11-6-12(7-19)23-9-11;/h3-6,9,16H,2,7-8,19H2,1H3,(H,20,21);1H. The van der Waals surface area contributed by atoms with E-state index in [2.05, 4.69) is 10.1 Å². The summed E-state index contributed by atoms with van der Waals surface area (Å²) in [6.45, 7) is -0.512. The number of furan rings is 1. The number of benzene rings is 1. The Morgan fingerprint density at radius 1 is 1.32 bits per heavy atom. The number of hydrogen-bond acceptors (Lipinski definition) is 5. The zero-order chi connectivity index (χ0) is 17.5. The molecule has 0 unspecified atom stereocenters. The second-order valence-electron chi connectivity index (χ2n) is 4.78. The first kappa shape index (κ1) is 20.7. The molecule has 0 atom stereocenters. The van der Waals surface area contributed by atoms with E-state index in [4.69, 9.17) is 14.9 Å². The number of rotatable bonds is 8. The van der Waals surface area contributed by atoms with E-state index in [1.165, 1.54) is 12.3 Å². The van der Waals surface area contributed by atoms with Gasteiger partial charge < -0.3 is 24.9 Å². The summed E-state index contributed by atoms with van der Waals surface area (Å²) in [5, 5.41) is 2.70. The lowest BCUT2D eigenvalue weighted by Crippen LogP contribution is -2.22. The van der Waals surface area contributed by atoms with E-state index in [0.717, 1.165) is 0 Å². The molecule has 6 nitrogen and oxygen atoms in total. The summed E-state index contributed by atoms with van der Waals surface area (Å²) in [6.07, 6.45) is 1.32. The van der Waals surface area contributed by atoms with Gasteiger partial charge in [-0.1, -0.05) is 6.07 Å². The fraction of sp³-hybridized carbons (Fsp3) is 0.312. The molecule has 0 radical (unpaired) electrons. The monoisotopic (exact) mass is 376 g/mol. The van der Waals surface area contributed by atoms with Crippen molar-refractivity contribution in [2.75, 3.05) is 6.61 Å². The highest BCUT2D eigenvalue weighted by Gasteiger charge is 2.13. The summed E-state index contributed by atoms with van der Waals surface area (Å²) < 4.78 is 39.5. The lowest BCUT2D eigenvalue weighted by atomic mass is 10.2. The van der Waals surface area contributed by atoms with Gasteiger partial charge in [-0.3, -0.25) is 4.79 Å². The molecule has 1 aromatic carbocycles. The number of hydrogen-bond donors (Lipinski definition) is 2. The smallest absolute Gasteiger partial charge is 0.387 e. The third-order valence-corrected chi connectivity index (χ3v) is 3.09. The van der Waals surface area contributed by atoms with Crippen LogP contribution in [-0.4, -0.2) is 19.1 Å². The molecule has 2 aromatic rings. The minimum absolute atomic E-state index is 0. The molecule has 0 bridgehead atoms. The molecule has 0 spiro atoms. The van der Waals surface area contributed by atoms with Gasteiger partial charge in [0.15, 0.2) is 11.5 Å². The largest absolute Gasteiger partial charge is 0.490 e. The van der Waals surface area contributed by atoms with Crippen molar-refractivity contribution in [3.8, 4) is 11.5 Å². The lowest BCUT2D eigenvalue weighted by molar-refractivity contribution is -0.0514. The van der Waals surface area contributed by atoms with Crippen molar-refractivity contribution in [1.82, 2.24) is 5.32 Å². The van der Waals surface area contributed by atoms with Crippen LogP contribution < -0.4 is 20.5 Å². The molecule has 0 aliphatic heterocycles. The maximum atomic E-state index is 12.4. The Kier molecular flexibility index (Phi) is 8.17. The second-order valence-corrected chi connectivity index (χ2v) is 4.78. The van der Waals surface area contributed by atoms with Crippen LogP contribution >= 0.6 is 12.4 Å². The zero-order valence-corrected chi connectivity index (χ0v) is 14.3. The average Bonchev–Trinajstić information content (AvgIpc) is 3.03. The molecule has 1 amide bonds. The Labute approximate surface area is 149 Å². The molecule has 0 fully saturated rings. The Hall–Kier alpha value is -2.32. The highest BCUT2D eigenvalue weighted by atomic mass is 35.5. The van der Waals surface area contributed by atoms with E-state index < -0.39 is 6.61 Å². The fourth-order valence-corrected chi connectivity index (χ4v) is 2.02. The number of nitrogens with two attached hydrogens (primary N) is 1. The number of carbonyl (C=O) groups excluding carboxylic acids is 1. The first-order valence-corrected chi connectivity index (χ1v) is 7.29. The molecule has 9 heteroatoms. The number of ether oxygens (including phenoxy) is 2. The predicted molar refractivity (Wildman–Crippen MR) is 89.3 cm³/mol. The van der Waals surface area contributed by atoms with Gasteiger partial charge in [-0.15, -0.1) is 12.4 Å². The van der Waals surface area contributed by atoms with Gasteiger partial charge in [0.2, 0.25) is 0 Å². The first-order valence-electron chi connectivity index (χ1n) is 7.29. The van der Waals surface area contributed by atoms with Gasteiger partial charge in [-0.25, -0.2) is 0 Å². The summed E-state index contributed by atoms with van der Waals surface area (Å²) in [6, 6.07) is 6.05. The van der Waals surface area contributed by atoms with E-state index >= 15 is 0 Å². The lowest BCUT2D eigenvalue weighted by Gasteiger charge is -2.13. The molecular formula is C16H19ClF2N2O4. The summed E-state index contributed by atoms with van der Waals surface area (Å²) in [5.41, 5.74) is 6.45. The summed E-state index contributed by atoms with van der Waals surface area (Å²) >= 11 is 0. The summed E-state index contributed by atoms with van der Waals surface area (Å²) in [4.78, 5) is 12.0. The van der Waals surface area contributed by atoms with Gasteiger partial charge >= 0.3 is 6.61 Å². The van der Waals surface area contributed by atoms with Crippen LogP contribution in [0.3, 0.4) is 0 Å². The quantitative estimate of drug-likeness (QED) is 0.739. The molecular weight excluding hydrogens is 358 g/mol. The third-order valence-electron chi connectivity index (χ3n) is 3.09. The molecule has 0 aliphatic carbocycles. The third kappa shape index (κ3) is 5.91. The van der Waals surface area contributed by atoms with E-state index in [-0.39, 0.29) is 42.9 Å². The number of amides is 1. The van der Waals surface area contributed by atoms with Gasteiger partial charge in [0.25, 0.3) is 5.91 Å². The van der Waals surface area contributed by atoms with Crippen LogP contribution in [0.4, 0.5) is 8.78 Å². The van der Waals surface area contributed by atoms with Crippen LogP contribution in [-0.2, 0) is 13.1 Å². The molecule has 0 saturated carbocycles. The Morgan fingerprint density at radius 3 is 2.68 bits per heavy atom. The molecule has 138 valence electrons. The number of carbonyl (C=O) groups is 1. The van der Waals surface area contributed by atoms with Crippen molar-refractivity contribution in [2.45, 2.75) is 26.6 Å². The zero-order valence-electron chi connectivity index (χ0n) is 13.5. The number of halogens is 3. The van der Waals surface area contributed by atoms with Gasteiger partial charge in [0, 0.05) is 6.54 Å². The first-order chi connectivity index (χ1) is 11.5. The highest BCUT2D eigenvalue weighted by Crippen LogP contribution is 2.29. The SMILES string of the molecule is CCOc1cc(CNC(=O)c2coc(CN)c2)ccc1OC(F)F.Cl. The number of alkyl halides is 2. The predicted octanol–water partition coefficient (Wildman–Crippen LogP) is 3.09. The minimum atomic E-state index is -2.94. The van der Waals surface area contributed by atoms with Crippen LogP contribution in [0.15, 0.2) is 34.9 Å². The highest BCUT2D eigenvalue weighted by molar-refractivity contribution is 5.93. The molecule has 1 aromatic heterocycles. The Bertz CT molecular complexity index is 695. The van der Waals surface area contributed by atoms with Crippen molar-refractivity contribution in [3.05, 3.63) is 47.4 Å². The van der Waals surface area contributed by atoms with Gasteiger partial charge in [-0.2, -0.15) is 8.78 Å². The minimum Gasteiger partial charge on any atom is -0.490 e. The Morgan fingerprint density at radius 2 is 2.08 bits per heavy atom. The van der Waals surface area contributed by atoms with E-state index in [1.807, 2.05) is 0 Å². The van der Waals surface area contributed by atoms with Crippen LogP contribution in [0.25, 0.3) is 0 Å². The second kappa shape index (κ2) is 9.85. The van der Waals surface area contributed by atoms with Crippen LogP contribution in [0, 0.1) is 0 Å². The molecule has 3 N–H and O–H groups in total. The van der Waals surface area contributed by atoms with Crippen molar-refractivity contribution in [1.29, 1.82) is 0 Å². The Balaban J connectivity index is 0.00000312. The van der Waals surface area contributed by atoms with Crippen LogP contribution in [0.5, 0.6) is 11.5 Å². The molecule has 1 heterocycles. The average molecular weight is 377 g/mol. The molecule has 25 heavy (non-hydrogen) atoms. The maximum absolute atomic E-state index is 12.4. The molecule has 0 aliphatic rings. The van der Waals surface area contributed by atoms with Gasteiger partial charge in [-0.05, 0) is 30.7 Å². The fourth-order valence-electron chi connectivity index (χ4n) is 2.02. The normalized spacial score (nSPS) is 10.3. The van der Waals surface area contributed by atoms with Crippen LogP contribution in [0.2, 0.25) is 0 Å². The van der Waals surface area contributed by atoms with Gasteiger partial charge in [0.05, 0.1) is 18.7 Å². The van der Waals surface area contributed by atoms with E-state index in [9.17, 15) is 13.6 Å². The topological polar surface area (TPSA) is 86.7 Å². The molecule has 0 saturated heterocycles. The van der Waals surface area contributed by atoms with E-state index in [0.29, 0.717) is 23.5 Å². The summed E-state index contributed by atoms with van der Waals surface area (Å²) in [5.74, 6) is 0.319. The summed E-state index contributed by atoms with van der Waals surface area (Å²) in [7, 11) is 0. The van der Waals surface area contributed by atoms with Crippen LogP contribution in [0.1, 0.15) is 28.6 Å². The molecule has 2 rings (SSSR count).